The van der Waals surface area contributed by atoms with Crippen LogP contribution in [-0.2, 0) is 0 Å². The normalized spacial score (nSPS) is 10.2. The van der Waals surface area contributed by atoms with Crippen LogP contribution in [0.1, 0.15) is 5.56 Å². The van der Waals surface area contributed by atoms with Crippen LogP contribution >= 0.6 is 0 Å². The highest BCUT2D eigenvalue weighted by Gasteiger charge is 2.06. The van der Waals surface area contributed by atoms with Crippen LogP contribution in [0.5, 0.6) is 5.75 Å². The molecule has 2 heteroatoms. The van der Waals surface area contributed by atoms with Crippen LogP contribution in [0.15, 0.2) is 42.5 Å². The van der Waals surface area contributed by atoms with Crippen molar-refractivity contribution >= 4 is 0 Å². The van der Waals surface area contributed by atoms with E-state index in [1.807, 2.05) is 12.1 Å². The molecule has 0 atom stereocenters. The standard InChI is InChI=1S/C14H11FO/c1-10-3-5-11(6-4-10)13-9-12(15)7-8-14(13)16-2/h1,3-9H,2H3. The molecule has 0 amide bonds. The van der Waals surface area contributed by atoms with Gasteiger partial charge in [-0.15, -0.1) is 0 Å². The maximum atomic E-state index is 13.2. The molecule has 0 aliphatic carbocycles. The lowest BCUT2D eigenvalue weighted by Crippen LogP contribution is -1.89. The summed E-state index contributed by atoms with van der Waals surface area (Å²) in [7, 11) is 1.56. The van der Waals surface area contributed by atoms with Crippen molar-refractivity contribution in [3.63, 3.8) is 0 Å². The summed E-state index contributed by atoms with van der Waals surface area (Å²) in [6, 6.07) is 11.7. The van der Waals surface area contributed by atoms with Gasteiger partial charge in [-0.3, -0.25) is 0 Å². The first kappa shape index (κ1) is 10.7. The molecule has 2 rings (SSSR count). The minimum absolute atomic E-state index is 0.285. The van der Waals surface area contributed by atoms with Crippen LogP contribution in [0.3, 0.4) is 0 Å². The van der Waals surface area contributed by atoms with E-state index in [4.69, 9.17) is 11.7 Å². The Labute approximate surface area is 94.5 Å². The molecule has 0 aromatic heterocycles. The summed E-state index contributed by atoms with van der Waals surface area (Å²) in [5.41, 5.74) is 2.28. The summed E-state index contributed by atoms with van der Waals surface area (Å²) in [6.45, 7) is 5.60. The second kappa shape index (κ2) is 4.35. The molecule has 1 nitrogen and oxygen atoms in total. The van der Waals surface area contributed by atoms with E-state index < -0.39 is 0 Å². The molecule has 0 fully saturated rings. The molecule has 0 aliphatic rings. The summed E-state index contributed by atoms with van der Waals surface area (Å²) in [6.07, 6.45) is 0. The largest absolute Gasteiger partial charge is 0.496 e. The third-order valence-electron chi connectivity index (χ3n) is 2.38. The summed E-state index contributed by atoms with van der Waals surface area (Å²) in [5.74, 6) is 0.360. The fourth-order valence-electron chi connectivity index (χ4n) is 1.57. The fourth-order valence-corrected chi connectivity index (χ4v) is 1.57. The van der Waals surface area contributed by atoms with Crippen molar-refractivity contribution in [2.75, 3.05) is 7.11 Å². The van der Waals surface area contributed by atoms with Gasteiger partial charge in [-0.05, 0) is 36.2 Å². The first-order valence-corrected chi connectivity index (χ1v) is 4.90. The maximum absolute atomic E-state index is 13.2. The quantitative estimate of drug-likeness (QED) is 0.742. The molecule has 0 bridgehead atoms. The van der Waals surface area contributed by atoms with Crippen molar-refractivity contribution in [3.8, 4) is 16.9 Å². The Hall–Kier alpha value is -1.83. The average molecular weight is 214 g/mol. The summed E-state index contributed by atoms with van der Waals surface area (Å²) in [4.78, 5) is 0. The lowest BCUT2D eigenvalue weighted by molar-refractivity contribution is 0.415. The number of ether oxygens (including phenoxy) is 1. The number of hydrogen-bond acceptors (Lipinski definition) is 1. The Kier molecular flexibility index (Phi) is 2.91. The zero-order valence-corrected chi connectivity index (χ0v) is 8.91. The van der Waals surface area contributed by atoms with Crippen molar-refractivity contribution in [1.29, 1.82) is 0 Å². The van der Waals surface area contributed by atoms with Crippen molar-refractivity contribution in [2.24, 2.45) is 0 Å². The highest BCUT2D eigenvalue weighted by Crippen LogP contribution is 2.30. The summed E-state index contributed by atoms with van der Waals surface area (Å²) in [5, 5.41) is 0. The lowest BCUT2D eigenvalue weighted by Gasteiger charge is -2.08. The van der Waals surface area contributed by atoms with Crippen LogP contribution in [-0.4, -0.2) is 7.11 Å². The minimum Gasteiger partial charge on any atom is -0.496 e. The fraction of sp³-hybridized carbons (Fsp3) is 0.0714. The second-order valence-corrected chi connectivity index (χ2v) is 3.47. The van der Waals surface area contributed by atoms with E-state index in [-0.39, 0.29) is 5.82 Å². The zero-order valence-electron chi connectivity index (χ0n) is 8.91. The topological polar surface area (TPSA) is 9.23 Å². The van der Waals surface area contributed by atoms with Gasteiger partial charge in [0, 0.05) is 5.56 Å². The van der Waals surface area contributed by atoms with Gasteiger partial charge in [-0.1, -0.05) is 24.3 Å². The van der Waals surface area contributed by atoms with Gasteiger partial charge in [0.2, 0.25) is 0 Å². The molecule has 0 N–H and O–H groups in total. The van der Waals surface area contributed by atoms with Crippen molar-refractivity contribution in [3.05, 3.63) is 60.8 Å². The van der Waals surface area contributed by atoms with Crippen molar-refractivity contribution < 1.29 is 9.13 Å². The Morgan fingerprint density at radius 3 is 2.38 bits per heavy atom. The lowest BCUT2D eigenvalue weighted by atomic mass is 10.0. The molecule has 0 saturated heterocycles. The van der Waals surface area contributed by atoms with Gasteiger partial charge in [0.1, 0.15) is 11.6 Å². The maximum Gasteiger partial charge on any atom is 0.126 e. The zero-order chi connectivity index (χ0) is 11.5. The van der Waals surface area contributed by atoms with Crippen molar-refractivity contribution in [1.82, 2.24) is 0 Å². The van der Waals surface area contributed by atoms with E-state index in [1.165, 1.54) is 12.1 Å². The first-order valence-electron chi connectivity index (χ1n) is 4.90. The number of methoxy groups -OCH3 is 1. The molecule has 2 radical (unpaired) electrons. The van der Waals surface area contributed by atoms with E-state index in [0.29, 0.717) is 11.3 Å². The Balaban J connectivity index is 2.53. The molecule has 16 heavy (non-hydrogen) atoms. The second-order valence-electron chi connectivity index (χ2n) is 3.47. The molecular weight excluding hydrogens is 203 g/mol. The first-order chi connectivity index (χ1) is 7.70. The van der Waals surface area contributed by atoms with Crippen LogP contribution in [0.2, 0.25) is 0 Å². The van der Waals surface area contributed by atoms with Gasteiger partial charge in [0.25, 0.3) is 0 Å². The molecule has 0 saturated carbocycles. The number of rotatable bonds is 2. The van der Waals surface area contributed by atoms with E-state index in [0.717, 1.165) is 11.1 Å². The summed E-state index contributed by atoms with van der Waals surface area (Å²) >= 11 is 0. The minimum atomic E-state index is -0.285. The molecule has 0 spiro atoms. The van der Waals surface area contributed by atoms with Gasteiger partial charge in [0.15, 0.2) is 0 Å². The molecule has 0 unspecified atom stereocenters. The van der Waals surface area contributed by atoms with Crippen molar-refractivity contribution in [2.45, 2.75) is 0 Å². The highest BCUT2D eigenvalue weighted by molar-refractivity contribution is 5.70. The van der Waals surface area contributed by atoms with Gasteiger partial charge in [0.05, 0.1) is 7.11 Å². The van der Waals surface area contributed by atoms with Gasteiger partial charge in [-0.25, -0.2) is 4.39 Å². The van der Waals surface area contributed by atoms with Crippen LogP contribution < -0.4 is 4.74 Å². The molecule has 0 heterocycles. The number of hydrogen-bond donors (Lipinski definition) is 0. The van der Waals surface area contributed by atoms with Crippen LogP contribution in [0, 0.1) is 12.7 Å². The Morgan fingerprint density at radius 2 is 1.75 bits per heavy atom. The van der Waals surface area contributed by atoms with Gasteiger partial charge < -0.3 is 4.74 Å². The third kappa shape index (κ3) is 2.06. The highest BCUT2D eigenvalue weighted by atomic mass is 19.1. The molecule has 0 aliphatic heterocycles. The molecule has 80 valence electrons. The molecule has 2 aromatic rings. The predicted octanol–water partition coefficient (Wildman–Crippen LogP) is 3.56. The monoisotopic (exact) mass is 214 g/mol. The number of benzene rings is 2. The van der Waals surface area contributed by atoms with E-state index in [1.54, 1.807) is 25.3 Å². The van der Waals surface area contributed by atoms with Gasteiger partial charge in [-0.2, -0.15) is 0 Å². The van der Waals surface area contributed by atoms with Gasteiger partial charge >= 0.3 is 0 Å². The van der Waals surface area contributed by atoms with E-state index >= 15 is 0 Å². The average Bonchev–Trinajstić information content (AvgIpc) is 2.30. The van der Waals surface area contributed by atoms with E-state index in [2.05, 4.69) is 0 Å². The smallest absolute Gasteiger partial charge is 0.126 e. The Morgan fingerprint density at radius 1 is 1.06 bits per heavy atom. The van der Waals surface area contributed by atoms with E-state index in [9.17, 15) is 4.39 Å². The molecule has 2 aromatic carbocycles. The number of halogens is 1. The molecular formula is C14H11FO. The predicted molar refractivity (Wildman–Crippen MR) is 61.8 cm³/mol. The third-order valence-corrected chi connectivity index (χ3v) is 2.38. The van der Waals surface area contributed by atoms with Crippen LogP contribution in [0.4, 0.5) is 4.39 Å². The summed E-state index contributed by atoms with van der Waals surface area (Å²) < 4.78 is 18.4. The van der Waals surface area contributed by atoms with Crippen LogP contribution in [0.25, 0.3) is 11.1 Å². The Bertz CT molecular complexity index is 489. The SMILES string of the molecule is [CH]c1ccc(-c2cc(F)ccc2OC)cc1.